The van der Waals surface area contributed by atoms with E-state index in [0.29, 0.717) is 16.6 Å². The number of anilines is 1. The number of aliphatic hydroxyl groups is 1. The lowest BCUT2D eigenvalue weighted by molar-refractivity contribution is -0.137. The fourth-order valence-electron chi connectivity index (χ4n) is 2.43. The third-order valence-electron chi connectivity index (χ3n) is 3.50. The van der Waals surface area contributed by atoms with E-state index in [4.69, 9.17) is 10.2 Å². The molecule has 23 heavy (non-hydrogen) atoms. The Balaban J connectivity index is 1.93. The predicted octanol–water partition coefficient (Wildman–Crippen LogP) is 0.523. The fraction of sp³-hybridized carbons (Fsp3) is 0.133. The average Bonchev–Trinajstić information content (AvgIpc) is 3.06. The highest BCUT2D eigenvalue weighted by Gasteiger charge is 2.30. The Morgan fingerprint density at radius 1 is 1.30 bits per heavy atom. The van der Waals surface area contributed by atoms with Crippen molar-refractivity contribution in [3.8, 4) is 0 Å². The second-order valence-electron chi connectivity index (χ2n) is 4.96. The molecule has 0 unspecified atom stereocenters. The first kappa shape index (κ1) is 14.8. The summed E-state index contributed by atoms with van der Waals surface area (Å²) in [6.45, 7) is -0.384. The summed E-state index contributed by atoms with van der Waals surface area (Å²) < 4.78 is 0. The molecule has 8 heteroatoms. The number of carboxylic acid groups (broad SMARTS) is 1. The van der Waals surface area contributed by atoms with Crippen LogP contribution >= 0.6 is 0 Å². The molecule has 2 aromatic rings. The van der Waals surface area contributed by atoms with E-state index in [1.807, 2.05) is 0 Å². The number of nitrogens with one attached hydrogen (secondary N) is 2. The van der Waals surface area contributed by atoms with Crippen molar-refractivity contribution in [2.24, 2.45) is 0 Å². The number of H-pyrrole nitrogens is 1. The number of benzene rings is 1. The van der Waals surface area contributed by atoms with Gasteiger partial charge in [-0.15, -0.1) is 0 Å². The van der Waals surface area contributed by atoms with Crippen LogP contribution in [-0.4, -0.2) is 51.0 Å². The molecule has 4 N–H and O–H groups in total. The van der Waals surface area contributed by atoms with Gasteiger partial charge in [-0.2, -0.15) is 0 Å². The highest BCUT2D eigenvalue weighted by Crippen LogP contribution is 2.27. The first-order valence-electron chi connectivity index (χ1n) is 6.81. The summed E-state index contributed by atoms with van der Waals surface area (Å²) in [5.74, 6) is -2.12. The third kappa shape index (κ3) is 2.55. The first-order chi connectivity index (χ1) is 11.0. The van der Waals surface area contributed by atoms with Crippen molar-refractivity contribution < 1.29 is 24.6 Å². The van der Waals surface area contributed by atoms with Gasteiger partial charge in [-0.05, 0) is 18.2 Å². The number of aliphatic hydroxyl groups excluding tert-OH is 1. The number of rotatable bonds is 5. The molecule has 2 heterocycles. The van der Waals surface area contributed by atoms with Gasteiger partial charge in [-0.3, -0.25) is 14.5 Å². The number of carbonyl (C=O) groups is 3. The molecule has 0 bridgehead atoms. The Bertz CT molecular complexity index is 852. The van der Waals surface area contributed by atoms with Crippen molar-refractivity contribution in [2.45, 2.75) is 0 Å². The van der Waals surface area contributed by atoms with Crippen LogP contribution in [0.1, 0.15) is 10.5 Å². The zero-order chi connectivity index (χ0) is 16.6. The number of aromatic carboxylic acids is 1. The monoisotopic (exact) mass is 315 g/mol. The van der Waals surface area contributed by atoms with Gasteiger partial charge in [0.2, 0.25) is 0 Å². The summed E-state index contributed by atoms with van der Waals surface area (Å²) in [7, 11) is 0. The van der Waals surface area contributed by atoms with Gasteiger partial charge in [0.25, 0.3) is 11.8 Å². The lowest BCUT2D eigenvalue weighted by atomic mass is 10.2. The molecule has 0 atom stereocenters. The Kier molecular flexibility index (Phi) is 3.59. The van der Waals surface area contributed by atoms with Crippen LogP contribution in [0.25, 0.3) is 10.9 Å². The number of carboxylic acids is 1. The van der Waals surface area contributed by atoms with Gasteiger partial charge < -0.3 is 20.5 Å². The largest absolute Gasteiger partial charge is 0.477 e. The zero-order valence-electron chi connectivity index (χ0n) is 11.9. The molecule has 2 amide bonds. The Labute approximate surface area is 130 Å². The van der Waals surface area contributed by atoms with Gasteiger partial charge >= 0.3 is 5.97 Å². The average molecular weight is 315 g/mol. The minimum atomic E-state index is -1.09. The number of aromatic nitrogens is 1. The van der Waals surface area contributed by atoms with Crippen molar-refractivity contribution in [3.05, 3.63) is 41.7 Å². The van der Waals surface area contributed by atoms with Gasteiger partial charge in [0, 0.05) is 22.7 Å². The van der Waals surface area contributed by atoms with Crippen LogP contribution in [0.15, 0.2) is 36.0 Å². The fourth-order valence-corrected chi connectivity index (χ4v) is 2.43. The van der Waals surface area contributed by atoms with Crippen molar-refractivity contribution in [1.29, 1.82) is 0 Å². The number of nitrogens with zero attached hydrogens (tertiary/aromatic N) is 1. The smallest absolute Gasteiger partial charge is 0.352 e. The maximum absolute atomic E-state index is 12.1. The Morgan fingerprint density at radius 3 is 2.78 bits per heavy atom. The molecule has 1 aliphatic rings. The minimum Gasteiger partial charge on any atom is -0.477 e. The predicted molar refractivity (Wildman–Crippen MR) is 80.8 cm³/mol. The molecule has 0 radical (unpaired) electrons. The van der Waals surface area contributed by atoms with Crippen LogP contribution in [0, 0.1) is 0 Å². The molecule has 8 nitrogen and oxygen atoms in total. The molecular weight excluding hydrogens is 302 g/mol. The number of fused-ring (bicyclic) bond motifs is 1. The quantitative estimate of drug-likeness (QED) is 0.597. The number of β-amino-alcohol motifs (C(OH)–C–C–N with tert-alkyl or cyclic N) is 1. The molecule has 3 rings (SSSR count). The van der Waals surface area contributed by atoms with Gasteiger partial charge in [0.15, 0.2) is 0 Å². The number of imide groups is 1. The van der Waals surface area contributed by atoms with Crippen LogP contribution in [0.2, 0.25) is 0 Å². The zero-order valence-corrected chi connectivity index (χ0v) is 11.9. The van der Waals surface area contributed by atoms with Crippen LogP contribution in [-0.2, 0) is 9.59 Å². The topological polar surface area (TPSA) is 123 Å². The number of aromatic amines is 1. The maximum Gasteiger partial charge on any atom is 0.352 e. The second kappa shape index (κ2) is 5.58. The minimum absolute atomic E-state index is 0.0268. The van der Waals surface area contributed by atoms with E-state index in [1.165, 1.54) is 6.07 Å². The number of amides is 2. The molecule has 1 aromatic carbocycles. The molecular formula is C15H13N3O5. The summed E-state index contributed by atoms with van der Waals surface area (Å²) in [5, 5.41) is 21.4. The van der Waals surface area contributed by atoms with Crippen molar-refractivity contribution in [1.82, 2.24) is 9.88 Å². The van der Waals surface area contributed by atoms with E-state index in [0.717, 1.165) is 11.0 Å². The van der Waals surface area contributed by atoms with E-state index in [9.17, 15) is 14.4 Å². The van der Waals surface area contributed by atoms with Gasteiger partial charge in [-0.25, -0.2) is 4.79 Å². The van der Waals surface area contributed by atoms with E-state index >= 15 is 0 Å². The Morgan fingerprint density at radius 2 is 2.09 bits per heavy atom. The molecule has 0 saturated heterocycles. The van der Waals surface area contributed by atoms with Crippen molar-refractivity contribution >= 4 is 34.4 Å². The normalized spacial score (nSPS) is 14.5. The molecule has 1 aromatic heterocycles. The van der Waals surface area contributed by atoms with E-state index in [1.54, 1.807) is 18.2 Å². The molecule has 0 aliphatic carbocycles. The number of hydrogen-bond acceptors (Lipinski definition) is 5. The lowest BCUT2D eigenvalue weighted by Gasteiger charge is -2.13. The summed E-state index contributed by atoms with van der Waals surface area (Å²) in [6.07, 6.45) is 1.15. The second-order valence-corrected chi connectivity index (χ2v) is 4.96. The summed E-state index contributed by atoms with van der Waals surface area (Å²) in [6, 6.07) is 6.53. The van der Waals surface area contributed by atoms with Crippen LogP contribution in [0.4, 0.5) is 5.69 Å². The molecule has 118 valence electrons. The highest BCUT2D eigenvalue weighted by molar-refractivity contribution is 6.18. The van der Waals surface area contributed by atoms with E-state index < -0.39 is 17.8 Å². The molecule has 1 aliphatic heterocycles. The van der Waals surface area contributed by atoms with Gasteiger partial charge in [-0.1, -0.05) is 6.07 Å². The third-order valence-corrected chi connectivity index (χ3v) is 3.50. The Hall–Kier alpha value is -3.13. The van der Waals surface area contributed by atoms with E-state index in [-0.39, 0.29) is 24.5 Å². The highest BCUT2D eigenvalue weighted by atomic mass is 16.4. The van der Waals surface area contributed by atoms with Crippen LogP contribution < -0.4 is 5.32 Å². The molecule has 0 fully saturated rings. The summed E-state index contributed by atoms with van der Waals surface area (Å²) >= 11 is 0. The molecule has 0 saturated carbocycles. The summed E-state index contributed by atoms with van der Waals surface area (Å²) in [5.41, 5.74) is 1.20. The lowest BCUT2D eigenvalue weighted by Crippen LogP contribution is -2.34. The van der Waals surface area contributed by atoms with Crippen LogP contribution in [0.5, 0.6) is 0 Å². The first-order valence-corrected chi connectivity index (χ1v) is 6.81. The van der Waals surface area contributed by atoms with E-state index in [2.05, 4.69) is 10.3 Å². The molecule has 0 spiro atoms. The van der Waals surface area contributed by atoms with Crippen LogP contribution in [0.3, 0.4) is 0 Å². The van der Waals surface area contributed by atoms with Gasteiger partial charge in [0.05, 0.1) is 13.2 Å². The van der Waals surface area contributed by atoms with Crippen molar-refractivity contribution in [3.63, 3.8) is 0 Å². The standard InChI is InChI=1S/C15H13N3O5/c19-5-4-18-13(20)7-11(14(18)21)16-9-2-1-3-10-8(9)6-12(17-10)15(22)23/h1-3,6-7,16-17,19H,4-5H2,(H,22,23). The van der Waals surface area contributed by atoms with Crippen molar-refractivity contribution in [2.75, 3.05) is 18.5 Å². The summed E-state index contributed by atoms with van der Waals surface area (Å²) in [4.78, 5) is 38.6. The maximum atomic E-state index is 12.1. The number of carbonyl (C=O) groups excluding carboxylic acids is 2. The number of hydrogen-bond donors (Lipinski definition) is 4. The SMILES string of the molecule is O=C(O)c1cc2c(NC3=CC(=O)N(CCO)C3=O)cccc2[nH]1. The van der Waals surface area contributed by atoms with Gasteiger partial charge in [0.1, 0.15) is 11.4 Å².